The molecule has 0 saturated carbocycles. The zero-order chi connectivity index (χ0) is 16.0. The lowest BCUT2D eigenvalue weighted by Crippen LogP contribution is -3.18. The molecular weight excluding hydrogens is 278 g/mol. The van der Waals surface area contributed by atoms with Crippen molar-refractivity contribution in [2.75, 3.05) is 18.4 Å². The van der Waals surface area contributed by atoms with Crippen LogP contribution in [-0.2, 0) is 0 Å². The molecule has 0 aliphatic rings. The van der Waals surface area contributed by atoms with E-state index < -0.39 is 0 Å². The highest BCUT2D eigenvalue weighted by atomic mass is 32.1. The first-order chi connectivity index (χ1) is 9.79. The molecule has 0 bridgehead atoms. The van der Waals surface area contributed by atoms with Crippen LogP contribution in [0.3, 0.4) is 0 Å². The van der Waals surface area contributed by atoms with Crippen LogP contribution in [0.5, 0.6) is 0 Å². The van der Waals surface area contributed by atoms with Gasteiger partial charge in [0.25, 0.3) is 0 Å². The Hall–Kier alpha value is -1.13. The summed E-state index contributed by atoms with van der Waals surface area (Å²) in [5, 5.41) is 7.28. The average Bonchev–Trinajstić information content (AvgIpc) is 2.32. The fraction of sp³-hybridized carbons (Fsp3) is 0.588. The third kappa shape index (κ3) is 6.44. The van der Waals surface area contributed by atoms with Crippen LogP contribution in [0.25, 0.3) is 0 Å². The standard InChI is InChI=1S/C17H29N3S/c1-12(2)20(13(3)4)8-7-18-17(21)19-16-10-14(5)9-15(6)11-16/h9-13H,7-8H2,1-6H3,(H2,18,19,21)/p+1. The molecule has 0 atom stereocenters. The minimum atomic E-state index is 0.632. The molecular formula is C17H30N3S+. The molecule has 3 nitrogen and oxygen atoms in total. The zero-order valence-corrected chi connectivity index (χ0v) is 15.0. The van der Waals surface area contributed by atoms with Crippen LogP contribution in [0.2, 0.25) is 0 Å². The molecule has 4 heteroatoms. The number of benzene rings is 1. The van der Waals surface area contributed by atoms with Gasteiger partial charge >= 0.3 is 0 Å². The zero-order valence-electron chi connectivity index (χ0n) is 14.2. The van der Waals surface area contributed by atoms with Gasteiger partial charge in [0.2, 0.25) is 0 Å². The minimum Gasteiger partial charge on any atom is -0.357 e. The van der Waals surface area contributed by atoms with Crippen LogP contribution in [-0.4, -0.2) is 30.3 Å². The second-order valence-corrected chi connectivity index (χ2v) is 6.80. The first-order valence-corrected chi connectivity index (χ1v) is 8.19. The Morgan fingerprint density at radius 3 is 2.05 bits per heavy atom. The lowest BCUT2D eigenvalue weighted by molar-refractivity contribution is -0.941. The van der Waals surface area contributed by atoms with Gasteiger partial charge in [0.15, 0.2) is 5.11 Å². The van der Waals surface area contributed by atoms with Gasteiger partial charge in [-0.05, 0) is 77.0 Å². The fourth-order valence-electron chi connectivity index (χ4n) is 2.79. The van der Waals surface area contributed by atoms with Gasteiger partial charge in [-0.3, -0.25) is 0 Å². The van der Waals surface area contributed by atoms with Crippen molar-refractivity contribution in [1.29, 1.82) is 0 Å². The van der Waals surface area contributed by atoms with Crippen LogP contribution in [0, 0.1) is 13.8 Å². The van der Waals surface area contributed by atoms with E-state index in [1.807, 2.05) is 0 Å². The van der Waals surface area contributed by atoms with Crippen LogP contribution in [0.4, 0.5) is 5.69 Å². The predicted octanol–water partition coefficient (Wildman–Crippen LogP) is 2.29. The van der Waals surface area contributed by atoms with Gasteiger partial charge in [0, 0.05) is 5.69 Å². The summed E-state index contributed by atoms with van der Waals surface area (Å²) in [6.45, 7) is 15.2. The first kappa shape index (κ1) is 17.9. The van der Waals surface area contributed by atoms with Crippen LogP contribution >= 0.6 is 12.2 Å². The Bertz CT molecular complexity index is 441. The van der Waals surface area contributed by atoms with Crippen molar-refractivity contribution in [2.45, 2.75) is 53.6 Å². The molecule has 1 rings (SSSR count). The Morgan fingerprint density at radius 1 is 1.05 bits per heavy atom. The lowest BCUT2D eigenvalue weighted by atomic mass is 10.1. The molecule has 1 aromatic rings. The van der Waals surface area contributed by atoms with E-state index >= 15 is 0 Å². The molecule has 0 amide bonds. The summed E-state index contributed by atoms with van der Waals surface area (Å²) in [5.74, 6) is 0. The molecule has 0 aliphatic heterocycles. The molecule has 21 heavy (non-hydrogen) atoms. The average molecular weight is 309 g/mol. The van der Waals surface area contributed by atoms with Crippen molar-refractivity contribution < 1.29 is 4.90 Å². The summed E-state index contributed by atoms with van der Waals surface area (Å²) >= 11 is 5.37. The summed E-state index contributed by atoms with van der Waals surface area (Å²) in [6, 6.07) is 7.65. The molecule has 118 valence electrons. The number of hydrogen-bond acceptors (Lipinski definition) is 1. The number of hydrogen-bond donors (Lipinski definition) is 3. The van der Waals surface area contributed by atoms with Gasteiger partial charge < -0.3 is 15.5 Å². The fourth-order valence-corrected chi connectivity index (χ4v) is 3.01. The predicted molar refractivity (Wildman–Crippen MR) is 96.2 cm³/mol. The molecule has 0 fully saturated rings. The second-order valence-electron chi connectivity index (χ2n) is 6.39. The molecule has 0 radical (unpaired) electrons. The second kappa shape index (κ2) is 8.35. The Kier molecular flexibility index (Phi) is 7.12. The number of rotatable bonds is 6. The van der Waals surface area contributed by atoms with Gasteiger partial charge in [-0.2, -0.15) is 0 Å². The number of aryl methyl sites for hydroxylation is 2. The van der Waals surface area contributed by atoms with Gasteiger partial charge in [0.05, 0.1) is 25.2 Å². The minimum absolute atomic E-state index is 0.632. The van der Waals surface area contributed by atoms with Crippen LogP contribution in [0.1, 0.15) is 38.8 Å². The van der Waals surface area contributed by atoms with E-state index in [1.165, 1.54) is 11.1 Å². The van der Waals surface area contributed by atoms with Crippen LogP contribution < -0.4 is 15.5 Å². The van der Waals surface area contributed by atoms with E-state index in [4.69, 9.17) is 12.2 Å². The maximum absolute atomic E-state index is 5.37. The topological polar surface area (TPSA) is 28.5 Å². The highest BCUT2D eigenvalue weighted by molar-refractivity contribution is 7.80. The van der Waals surface area contributed by atoms with E-state index in [1.54, 1.807) is 4.90 Å². The smallest absolute Gasteiger partial charge is 0.170 e. The maximum Gasteiger partial charge on any atom is 0.170 e. The number of thiocarbonyl (C=S) groups is 1. The molecule has 0 heterocycles. The number of anilines is 1. The van der Waals surface area contributed by atoms with Crippen molar-refractivity contribution >= 4 is 23.0 Å². The summed E-state index contributed by atoms with van der Waals surface area (Å²) in [4.78, 5) is 1.59. The number of nitrogens with one attached hydrogen (secondary N) is 3. The van der Waals surface area contributed by atoms with E-state index in [2.05, 4.69) is 70.4 Å². The number of quaternary nitrogens is 1. The monoisotopic (exact) mass is 308 g/mol. The highest BCUT2D eigenvalue weighted by Gasteiger charge is 2.16. The maximum atomic E-state index is 5.37. The summed E-state index contributed by atoms with van der Waals surface area (Å²) < 4.78 is 0. The van der Waals surface area contributed by atoms with Gasteiger partial charge in [-0.15, -0.1) is 0 Å². The Morgan fingerprint density at radius 2 is 1.57 bits per heavy atom. The van der Waals surface area contributed by atoms with Crippen LogP contribution in [0.15, 0.2) is 18.2 Å². The van der Waals surface area contributed by atoms with E-state index in [-0.39, 0.29) is 0 Å². The van der Waals surface area contributed by atoms with Crippen molar-refractivity contribution in [3.63, 3.8) is 0 Å². The summed E-state index contributed by atoms with van der Waals surface area (Å²) in [6.07, 6.45) is 0. The van der Waals surface area contributed by atoms with E-state index in [0.29, 0.717) is 17.2 Å². The van der Waals surface area contributed by atoms with E-state index in [0.717, 1.165) is 18.8 Å². The van der Waals surface area contributed by atoms with Crippen molar-refractivity contribution in [3.05, 3.63) is 29.3 Å². The first-order valence-electron chi connectivity index (χ1n) is 7.78. The summed E-state index contributed by atoms with van der Waals surface area (Å²) in [7, 11) is 0. The Labute approximate surface area is 135 Å². The largest absolute Gasteiger partial charge is 0.357 e. The molecule has 3 N–H and O–H groups in total. The normalized spacial score (nSPS) is 11.3. The highest BCUT2D eigenvalue weighted by Crippen LogP contribution is 2.13. The third-order valence-corrected chi connectivity index (χ3v) is 3.91. The lowest BCUT2D eigenvalue weighted by Gasteiger charge is -2.27. The quantitative estimate of drug-likeness (QED) is 0.704. The van der Waals surface area contributed by atoms with Gasteiger partial charge in [0.1, 0.15) is 0 Å². The Balaban J connectivity index is 2.44. The van der Waals surface area contributed by atoms with Gasteiger partial charge in [-0.25, -0.2) is 0 Å². The summed E-state index contributed by atoms with van der Waals surface area (Å²) in [5.41, 5.74) is 3.55. The molecule has 0 spiro atoms. The van der Waals surface area contributed by atoms with E-state index in [9.17, 15) is 0 Å². The van der Waals surface area contributed by atoms with Crippen molar-refractivity contribution in [3.8, 4) is 0 Å². The molecule has 0 saturated heterocycles. The molecule has 0 aliphatic carbocycles. The molecule has 0 aromatic heterocycles. The van der Waals surface area contributed by atoms with Crippen molar-refractivity contribution in [1.82, 2.24) is 5.32 Å². The van der Waals surface area contributed by atoms with Crippen molar-refractivity contribution in [2.24, 2.45) is 0 Å². The SMILES string of the molecule is Cc1cc(C)cc(NC(=S)NCC[NH+](C(C)C)C(C)C)c1. The molecule has 1 aromatic carbocycles. The molecule has 0 unspecified atom stereocenters. The van der Waals surface area contributed by atoms with Gasteiger partial charge in [-0.1, -0.05) is 6.07 Å². The third-order valence-electron chi connectivity index (χ3n) is 3.66.